The lowest BCUT2D eigenvalue weighted by Gasteiger charge is -2.07. The fourth-order valence-corrected chi connectivity index (χ4v) is 1.68. The summed E-state index contributed by atoms with van der Waals surface area (Å²) in [6, 6.07) is 6.06. The predicted octanol–water partition coefficient (Wildman–Crippen LogP) is 1.93. The van der Waals surface area contributed by atoms with Crippen LogP contribution in [0.3, 0.4) is 0 Å². The van der Waals surface area contributed by atoms with Crippen LogP contribution in [0.25, 0.3) is 0 Å². The highest BCUT2D eigenvalue weighted by Crippen LogP contribution is 2.17. The predicted molar refractivity (Wildman–Crippen MR) is 70.0 cm³/mol. The van der Waals surface area contributed by atoms with E-state index in [0.29, 0.717) is 17.0 Å². The zero-order valence-corrected chi connectivity index (χ0v) is 11.1. The molecular formula is C12H15NO4S. The molecule has 0 radical (unpaired) electrons. The molecule has 0 saturated carbocycles. The van der Waals surface area contributed by atoms with Gasteiger partial charge in [-0.1, -0.05) is 6.58 Å². The summed E-state index contributed by atoms with van der Waals surface area (Å²) >= 11 is 0. The number of esters is 1. The van der Waals surface area contributed by atoms with Crippen molar-refractivity contribution in [2.45, 2.75) is 13.8 Å². The van der Waals surface area contributed by atoms with E-state index in [1.54, 1.807) is 13.8 Å². The Morgan fingerprint density at radius 3 is 2.33 bits per heavy atom. The van der Waals surface area contributed by atoms with Crippen molar-refractivity contribution in [1.82, 2.24) is 0 Å². The monoisotopic (exact) mass is 269 g/mol. The minimum absolute atomic E-state index is 0.000599. The fourth-order valence-electron chi connectivity index (χ4n) is 1.04. The maximum Gasteiger partial charge on any atom is 0.338 e. The Kier molecular flexibility index (Phi) is 4.49. The molecule has 6 heteroatoms. The number of anilines is 1. The Morgan fingerprint density at radius 2 is 1.89 bits per heavy atom. The molecule has 0 aliphatic rings. The molecule has 1 aromatic carbocycles. The molecule has 0 aliphatic heterocycles. The summed E-state index contributed by atoms with van der Waals surface area (Å²) in [7, 11) is -3.29. The summed E-state index contributed by atoms with van der Waals surface area (Å²) in [4.78, 5) is 11.2. The zero-order chi connectivity index (χ0) is 13.8. The summed E-state index contributed by atoms with van der Waals surface area (Å²) in [6.07, 6.45) is 0. The summed E-state index contributed by atoms with van der Waals surface area (Å²) in [5, 5.41) is 0. The fraction of sp³-hybridized carbons (Fsp3) is 0.250. The van der Waals surface area contributed by atoms with Crippen molar-refractivity contribution in [2.75, 3.05) is 10.5 Å². The van der Waals surface area contributed by atoms with Gasteiger partial charge in [0.15, 0.2) is 0 Å². The number of hydrogen-bond acceptors (Lipinski definition) is 4. The van der Waals surface area contributed by atoms with Gasteiger partial charge in [0.2, 0.25) is 10.0 Å². The number of benzene rings is 1. The van der Waals surface area contributed by atoms with E-state index >= 15 is 0 Å². The Balaban J connectivity index is 2.75. The zero-order valence-electron chi connectivity index (χ0n) is 10.3. The van der Waals surface area contributed by atoms with E-state index in [-0.39, 0.29) is 5.75 Å². The highest BCUT2D eigenvalue weighted by Gasteiger charge is 2.08. The van der Waals surface area contributed by atoms with Crippen LogP contribution >= 0.6 is 0 Å². The van der Waals surface area contributed by atoms with Gasteiger partial charge in [0.05, 0.1) is 5.75 Å². The van der Waals surface area contributed by atoms with Gasteiger partial charge < -0.3 is 4.74 Å². The molecule has 0 atom stereocenters. The number of carbonyl (C=O) groups excluding carboxylic acids is 1. The first-order valence-corrected chi connectivity index (χ1v) is 6.97. The van der Waals surface area contributed by atoms with E-state index in [9.17, 15) is 13.2 Å². The van der Waals surface area contributed by atoms with Crippen LogP contribution in [0, 0.1) is 0 Å². The van der Waals surface area contributed by atoms with E-state index in [1.807, 2.05) is 0 Å². The van der Waals surface area contributed by atoms with Gasteiger partial charge in [-0.15, -0.1) is 0 Å². The van der Waals surface area contributed by atoms with Gasteiger partial charge in [-0.05, 0) is 38.1 Å². The van der Waals surface area contributed by atoms with Crippen molar-refractivity contribution in [2.24, 2.45) is 0 Å². The lowest BCUT2D eigenvalue weighted by molar-refractivity contribution is -0.130. The third-order valence-corrected chi connectivity index (χ3v) is 3.37. The summed E-state index contributed by atoms with van der Waals surface area (Å²) in [5.74, 6) is -0.182. The van der Waals surface area contributed by atoms with Crippen LogP contribution in [0.4, 0.5) is 5.69 Å². The first kappa shape index (κ1) is 14.2. The molecule has 1 aromatic rings. The topological polar surface area (TPSA) is 72.5 Å². The normalized spacial score (nSPS) is 10.8. The highest BCUT2D eigenvalue weighted by molar-refractivity contribution is 7.92. The lowest BCUT2D eigenvalue weighted by Crippen LogP contribution is -2.14. The number of hydrogen-bond donors (Lipinski definition) is 1. The van der Waals surface area contributed by atoms with E-state index in [0.717, 1.165) is 0 Å². The van der Waals surface area contributed by atoms with Crippen molar-refractivity contribution in [3.63, 3.8) is 0 Å². The van der Waals surface area contributed by atoms with Gasteiger partial charge >= 0.3 is 5.97 Å². The molecule has 5 nitrogen and oxygen atoms in total. The van der Waals surface area contributed by atoms with Crippen molar-refractivity contribution in [3.05, 3.63) is 36.4 Å². The highest BCUT2D eigenvalue weighted by atomic mass is 32.2. The molecule has 0 unspecified atom stereocenters. The van der Waals surface area contributed by atoms with Gasteiger partial charge in [0.25, 0.3) is 0 Å². The van der Waals surface area contributed by atoms with Crippen LogP contribution in [0.2, 0.25) is 0 Å². The van der Waals surface area contributed by atoms with E-state index in [2.05, 4.69) is 11.3 Å². The van der Waals surface area contributed by atoms with Crippen LogP contribution in [0.1, 0.15) is 13.8 Å². The average Bonchev–Trinajstić information content (AvgIpc) is 2.31. The molecule has 1 N–H and O–H groups in total. The van der Waals surface area contributed by atoms with Crippen LogP contribution in [-0.2, 0) is 14.8 Å². The second-order valence-corrected chi connectivity index (χ2v) is 5.71. The van der Waals surface area contributed by atoms with Crippen molar-refractivity contribution < 1.29 is 17.9 Å². The lowest BCUT2D eigenvalue weighted by atomic mass is 10.3. The number of carbonyl (C=O) groups is 1. The smallest absolute Gasteiger partial charge is 0.338 e. The van der Waals surface area contributed by atoms with Crippen molar-refractivity contribution in [3.8, 4) is 5.75 Å². The third kappa shape index (κ3) is 4.21. The van der Waals surface area contributed by atoms with Gasteiger partial charge in [-0.25, -0.2) is 13.2 Å². The molecule has 98 valence electrons. The first-order chi connectivity index (χ1) is 8.34. The van der Waals surface area contributed by atoms with Crippen LogP contribution < -0.4 is 9.46 Å². The molecule has 0 fully saturated rings. The minimum Gasteiger partial charge on any atom is -0.423 e. The number of sulfonamides is 1. The van der Waals surface area contributed by atoms with Crippen LogP contribution in [0.15, 0.2) is 36.4 Å². The Bertz CT molecular complexity index is 546. The van der Waals surface area contributed by atoms with E-state index in [4.69, 9.17) is 4.74 Å². The second kappa shape index (κ2) is 5.68. The summed E-state index contributed by atoms with van der Waals surface area (Å²) in [6.45, 7) is 6.56. The molecule has 0 heterocycles. The summed E-state index contributed by atoms with van der Waals surface area (Å²) < 4.78 is 30.0. The second-order valence-electron chi connectivity index (χ2n) is 3.70. The molecule has 1 rings (SSSR count). The van der Waals surface area contributed by atoms with E-state index < -0.39 is 16.0 Å². The average molecular weight is 269 g/mol. The van der Waals surface area contributed by atoms with Gasteiger partial charge in [-0.2, -0.15) is 0 Å². The standard InChI is InChI=1S/C12H15NO4S/c1-4-18(15,16)13-10-5-7-11(8-6-10)17-12(14)9(2)3/h5-8,13H,2,4H2,1,3H3. The molecular weight excluding hydrogens is 254 g/mol. The SMILES string of the molecule is C=C(C)C(=O)Oc1ccc(NS(=O)(=O)CC)cc1. The minimum atomic E-state index is -3.29. The van der Waals surface area contributed by atoms with Gasteiger partial charge in [-0.3, -0.25) is 4.72 Å². The molecule has 0 saturated heterocycles. The molecule has 0 spiro atoms. The molecule has 0 aliphatic carbocycles. The molecule has 0 amide bonds. The van der Waals surface area contributed by atoms with Gasteiger partial charge in [0, 0.05) is 11.3 Å². The van der Waals surface area contributed by atoms with Crippen LogP contribution in [0.5, 0.6) is 5.75 Å². The Hall–Kier alpha value is -1.82. The number of nitrogens with one attached hydrogen (secondary N) is 1. The largest absolute Gasteiger partial charge is 0.423 e. The number of ether oxygens (including phenoxy) is 1. The quantitative estimate of drug-likeness (QED) is 0.503. The summed E-state index contributed by atoms with van der Waals surface area (Å²) in [5.41, 5.74) is 0.720. The van der Waals surface area contributed by atoms with Crippen molar-refractivity contribution in [1.29, 1.82) is 0 Å². The maximum absolute atomic E-state index is 11.3. The van der Waals surface area contributed by atoms with E-state index in [1.165, 1.54) is 24.3 Å². The van der Waals surface area contributed by atoms with Crippen molar-refractivity contribution >= 4 is 21.7 Å². The van der Waals surface area contributed by atoms with Crippen LogP contribution in [-0.4, -0.2) is 20.1 Å². The molecule has 18 heavy (non-hydrogen) atoms. The molecule has 0 aromatic heterocycles. The maximum atomic E-state index is 11.3. The number of rotatable bonds is 5. The first-order valence-electron chi connectivity index (χ1n) is 5.32. The molecule has 0 bridgehead atoms. The Morgan fingerprint density at radius 1 is 1.33 bits per heavy atom. The Labute approximate surface area is 107 Å². The van der Waals surface area contributed by atoms with Gasteiger partial charge in [0.1, 0.15) is 5.75 Å². The third-order valence-electron chi connectivity index (χ3n) is 2.07.